The fourth-order valence-electron chi connectivity index (χ4n) is 3.49. The zero-order chi connectivity index (χ0) is 11.7. The van der Waals surface area contributed by atoms with Gasteiger partial charge in [-0.1, -0.05) is 18.2 Å². The number of para-hydroxylation sites is 1. The van der Waals surface area contributed by atoms with E-state index in [0.717, 1.165) is 18.5 Å². The zero-order valence-corrected chi connectivity index (χ0v) is 10.4. The van der Waals surface area contributed by atoms with E-state index in [4.69, 9.17) is 5.73 Å². The van der Waals surface area contributed by atoms with Gasteiger partial charge in [-0.05, 0) is 56.2 Å². The molecule has 1 aliphatic heterocycles. The molecule has 1 saturated carbocycles. The molecular weight excluding hydrogens is 208 g/mol. The van der Waals surface area contributed by atoms with Crippen molar-refractivity contribution in [1.29, 1.82) is 0 Å². The van der Waals surface area contributed by atoms with Gasteiger partial charge in [-0.3, -0.25) is 0 Å². The third kappa shape index (κ3) is 2.06. The first-order chi connectivity index (χ1) is 8.38. The second kappa shape index (κ2) is 4.69. The topological polar surface area (TPSA) is 29.3 Å². The van der Waals surface area contributed by atoms with E-state index in [1.165, 1.54) is 49.9 Å². The number of hydrogen-bond donors (Lipinski definition) is 1. The van der Waals surface area contributed by atoms with Crippen LogP contribution in [0.4, 0.5) is 5.69 Å². The predicted octanol–water partition coefficient (Wildman–Crippen LogP) is 2.57. The average molecular weight is 230 g/mol. The summed E-state index contributed by atoms with van der Waals surface area (Å²) < 4.78 is 0. The Balaban J connectivity index is 1.81. The largest absolute Gasteiger partial charge is 0.368 e. The second-order valence-corrected chi connectivity index (χ2v) is 5.49. The molecule has 2 atom stereocenters. The predicted molar refractivity (Wildman–Crippen MR) is 72.3 cm³/mol. The summed E-state index contributed by atoms with van der Waals surface area (Å²) in [5, 5.41) is 0. The minimum absolute atomic E-state index is 0.741. The van der Waals surface area contributed by atoms with Gasteiger partial charge in [0.25, 0.3) is 0 Å². The molecule has 1 aliphatic carbocycles. The van der Waals surface area contributed by atoms with Crippen LogP contribution in [-0.2, 0) is 6.42 Å². The van der Waals surface area contributed by atoms with Gasteiger partial charge in [-0.2, -0.15) is 0 Å². The van der Waals surface area contributed by atoms with Crippen molar-refractivity contribution >= 4 is 5.69 Å². The lowest BCUT2D eigenvalue weighted by molar-refractivity contribution is 0.522. The standard InChI is InChI=1S/C15H22N2/c16-11-12-7-8-14(10-12)17-9-3-5-13-4-1-2-6-15(13)17/h1-2,4,6,12,14H,3,5,7-11,16H2. The minimum atomic E-state index is 0.741. The number of benzene rings is 1. The molecule has 0 spiro atoms. The van der Waals surface area contributed by atoms with Gasteiger partial charge in [-0.15, -0.1) is 0 Å². The zero-order valence-electron chi connectivity index (χ0n) is 10.4. The summed E-state index contributed by atoms with van der Waals surface area (Å²) in [6.45, 7) is 2.10. The Morgan fingerprint density at radius 2 is 2.12 bits per heavy atom. The summed E-state index contributed by atoms with van der Waals surface area (Å²) in [7, 11) is 0. The fraction of sp³-hybridized carbons (Fsp3) is 0.600. The minimum Gasteiger partial charge on any atom is -0.368 e. The van der Waals surface area contributed by atoms with Crippen LogP contribution >= 0.6 is 0 Å². The van der Waals surface area contributed by atoms with Gasteiger partial charge in [0, 0.05) is 18.3 Å². The lowest BCUT2D eigenvalue weighted by atomic mass is 9.99. The molecule has 0 saturated heterocycles. The van der Waals surface area contributed by atoms with E-state index in [1.54, 1.807) is 0 Å². The molecule has 2 nitrogen and oxygen atoms in total. The highest BCUT2D eigenvalue weighted by molar-refractivity contribution is 5.56. The summed E-state index contributed by atoms with van der Waals surface area (Å²) >= 11 is 0. The highest BCUT2D eigenvalue weighted by Crippen LogP contribution is 2.35. The van der Waals surface area contributed by atoms with Crippen molar-refractivity contribution in [3.05, 3.63) is 29.8 Å². The molecule has 0 radical (unpaired) electrons. The van der Waals surface area contributed by atoms with Crippen LogP contribution in [0.5, 0.6) is 0 Å². The van der Waals surface area contributed by atoms with Crippen molar-refractivity contribution in [2.24, 2.45) is 11.7 Å². The van der Waals surface area contributed by atoms with Crippen LogP contribution < -0.4 is 10.6 Å². The molecule has 1 aromatic carbocycles. The van der Waals surface area contributed by atoms with E-state index in [1.807, 2.05) is 0 Å². The quantitative estimate of drug-likeness (QED) is 0.846. The molecule has 0 aromatic heterocycles. The van der Waals surface area contributed by atoms with Crippen LogP contribution in [-0.4, -0.2) is 19.1 Å². The SMILES string of the molecule is NCC1CCC(N2CCCc3ccccc32)C1. The number of rotatable bonds is 2. The van der Waals surface area contributed by atoms with Crippen LogP contribution in [0.3, 0.4) is 0 Å². The first-order valence-electron chi connectivity index (χ1n) is 6.93. The van der Waals surface area contributed by atoms with Gasteiger partial charge in [0.2, 0.25) is 0 Å². The Morgan fingerprint density at radius 3 is 2.94 bits per heavy atom. The highest BCUT2D eigenvalue weighted by Gasteiger charge is 2.30. The molecule has 3 rings (SSSR count). The van der Waals surface area contributed by atoms with Crippen LogP contribution in [0.1, 0.15) is 31.2 Å². The van der Waals surface area contributed by atoms with E-state index >= 15 is 0 Å². The first-order valence-corrected chi connectivity index (χ1v) is 6.93. The van der Waals surface area contributed by atoms with E-state index in [2.05, 4.69) is 29.2 Å². The van der Waals surface area contributed by atoms with Crippen LogP contribution in [0, 0.1) is 5.92 Å². The smallest absolute Gasteiger partial charge is 0.0401 e. The molecule has 0 amide bonds. The first kappa shape index (κ1) is 11.1. The second-order valence-electron chi connectivity index (χ2n) is 5.49. The van der Waals surface area contributed by atoms with Crippen LogP contribution in [0.15, 0.2) is 24.3 Å². The molecular formula is C15H22N2. The molecule has 92 valence electrons. The third-order valence-electron chi connectivity index (χ3n) is 4.43. The lowest BCUT2D eigenvalue weighted by Crippen LogP contribution is -2.37. The van der Waals surface area contributed by atoms with Gasteiger partial charge in [-0.25, -0.2) is 0 Å². The normalized spacial score (nSPS) is 28.2. The number of hydrogen-bond acceptors (Lipinski definition) is 2. The molecule has 17 heavy (non-hydrogen) atoms. The van der Waals surface area contributed by atoms with Gasteiger partial charge < -0.3 is 10.6 Å². The maximum atomic E-state index is 5.80. The number of aryl methyl sites for hydroxylation is 1. The average Bonchev–Trinajstić information content (AvgIpc) is 2.87. The molecule has 2 N–H and O–H groups in total. The Kier molecular flexibility index (Phi) is 3.06. The molecule has 0 bridgehead atoms. The highest BCUT2D eigenvalue weighted by atomic mass is 15.2. The summed E-state index contributed by atoms with van der Waals surface area (Å²) in [6, 6.07) is 9.66. The van der Waals surface area contributed by atoms with E-state index in [9.17, 15) is 0 Å². The summed E-state index contributed by atoms with van der Waals surface area (Å²) in [5.41, 5.74) is 8.83. The molecule has 2 aliphatic rings. The molecule has 1 heterocycles. The van der Waals surface area contributed by atoms with Crippen LogP contribution in [0.2, 0.25) is 0 Å². The van der Waals surface area contributed by atoms with Crippen molar-refractivity contribution in [2.75, 3.05) is 18.0 Å². The Bertz CT molecular complexity index is 388. The fourth-order valence-corrected chi connectivity index (χ4v) is 3.49. The van der Waals surface area contributed by atoms with Gasteiger partial charge >= 0.3 is 0 Å². The van der Waals surface area contributed by atoms with Gasteiger partial charge in [0.15, 0.2) is 0 Å². The third-order valence-corrected chi connectivity index (χ3v) is 4.43. The van der Waals surface area contributed by atoms with Gasteiger partial charge in [0.1, 0.15) is 0 Å². The monoisotopic (exact) mass is 230 g/mol. The summed E-state index contributed by atoms with van der Waals surface area (Å²) in [6.07, 6.45) is 6.50. The Morgan fingerprint density at radius 1 is 1.24 bits per heavy atom. The van der Waals surface area contributed by atoms with Crippen molar-refractivity contribution in [3.8, 4) is 0 Å². The Hall–Kier alpha value is -1.02. The summed E-state index contributed by atoms with van der Waals surface area (Å²) in [4.78, 5) is 2.65. The molecule has 2 unspecified atom stereocenters. The molecule has 1 aromatic rings. The number of nitrogens with two attached hydrogens (primary N) is 1. The van der Waals surface area contributed by atoms with Crippen molar-refractivity contribution in [3.63, 3.8) is 0 Å². The maximum absolute atomic E-state index is 5.80. The number of nitrogens with zero attached hydrogens (tertiary/aromatic N) is 1. The number of fused-ring (bicyclic) bond motifs is 1. The molecule has 2 heteroatoms. The van der Waals surface area contributed by atoms with E-state index in [-0.39, 0.29) is 0 Å². The lowest BCUT2D eigenvalue weighted by Gasteiger charge is -2.36. The van der Waals surface area contributed by atoms with Crippen LogP contribution in [0.25, 0.3) is 0 Å². The summed E-state index contributed by atoms with van der Waals surface area (Å²) in [5.74, 6) is 0.758. The van der Waals surface area contributed by atoms with Crippen molar-refractivity contribution in [1.82, 2.24) is 0 Å². The number of anilines is 1. The van der Waals surface area contributed by atoms with E-state index in [0.29, 0.717) is 0 Å². The maximum Gasteiger partial charge on any atom is 0.0401 e. The Labute approximate surface area is 104 Å². The van der Waals surface area contributed by atoms with E-state index < -0.39 is 0 Å². The van der Waals surface area contributed by atoms with Crippen molar-refractivity contribution < 1.29 is 0 Å². The van der Waals surface area contributed by atoms with Gasteiger partial charge in [0.05, 0.1) is 0 Å². The van der Waals surface area contributed by atoms with Crippen molar-refractivity contribution in [2.45, 2.75) is 38.1 Å². The molecule has 1 fully saturated rings.